The maximum absolute atomic E-state index is 12.1. The molecule has 0 aromatic heterocycles. The molecule has 0 aliphatic heterocycles. The zero-order valence-electron chi connectivity index (χ0n) is 11.8. The minimum atomic E-state index is -0.436. The van der Waals surface area contributed by atoms with E-state index in [0.717, 1.165) is 12.8 Å². The molecule has 100 valence electrons. The number of rotatable bonds is 1. The van der Waals surface area contributed by atoms with Crippen LogP contribution in [0.3, 0.4) is 0 Å². The van der Waals surface area contributed by atoms with Crippen LogP contribution >= 0.6 is 0 Å². The summed E-state index contributed by atoms with van der Waals surface area (Å²) >= 11 is 0. The summed E-state index contributed by atoms with van der Waals surface area (Å²) in [7, 11) is 0. The van der Waals surface area contributed by atoms with E-state index in [2.05, 4.69) is 30.4 Å². The monoisotopic (exact) mass is 256 g/mol. The van der Waals surface area contributed by atoms with E-state index >= 15 is 0 Å². The molecule has 0 heterocycles. The maximum atomic E-state index is 12.1. The van der Waals surface area contributed by atoms with E-state index in [4.69, 9.17) is 4.74 Å². The van der Waals surface area contributed by atoms with Crippen molar-refractivity contribution in [2.24, 2.45) is 5.41 Å². The van der Waals surface area contributed by atoms with Crippen molar-refractivity contribution >= 4 is 12.0 Å². The van der Waals surface area contributed by atoms with Gasteiger partial charge in [0.25, 0.3) is 0 Å². The molecule has 0 N–H and O–H groups in total. The molecule has 2 aliphatic rings. The van der Waals surface area contributed by atoms with Gasteiger partial charge in [-0.15, -0.1) is 0 Å². The number of carbonyl (C=O) groups is 1. The van der Waals surface area contributed by atoms with Crippen LogP contribution in [0.2, 0.25) is 0 Å². The van der Waals surface area contributed by atoms with Crippen molar-refractivity contribution in [1.82, 2.24) is 0 Å². The average molecular weight is 256 g/mol. The Labute approximate surface area is 114 Å². The molecule has 0 saturated carbocycles. The lowest BCUT2D eigenvalue weighted by molar-refractivity contribution is -0.159. The number of hydrogen-bond donors (Lipinski definition) is 0. The molecular formula is C17H20O2. The molecule has 19 heavy (non-hydrogen) atoms. The Balaban J connectivity index is 1.90. The van der Waals surface area contributed by atoms with Gasteiger partial charge in [0.1, 0.15) is 6.10 Å². The highest BCUT2D eigenvalue weighted by atomic mass is 16.5. The van der Waals surface area contributed by atoms with Crippen LogP contribution in [-0.2, 0) is 9.53 Å². The highest BCUT2D eigenvalue weighted by Gasteiger charge is 2.37. The smallest absolute Gasteiger partial charge is 0.311 e. The molecule has 2 atom stereocenters. The molecule has 0 fully saturated rings. The molecule has 0 spiro atoms. The van der Waals surface area contributed by atoms with Crippen molar-refractivity contribution in [3.05, 3.63) is 41.0 Å². The van der Waals surface area contributed by atoms with Gasteiger partial charge in [-0.3, -0.25) is 4.79 Å². The fourth-order valence-corrected chi connectivity index (χ4v) is 2.99. The number of ether oxygens (including phenoxy) is 1. The molecule has 0 amide bonds. The highest BCUT2D eigenvalue weighted by molar-refractivity contribution is 5.76. The Morgan fingerprint density at radius 1 is 1.32 bits per heavy atom. The predicted octanol–water partition coefficient (Wildman–Crippen LogP) is 4.22. The standard InChI is InChI=1S/C17H20O2/c1-17(2,3)16(18)19-14-10-12-8-4-6-11-7-5-9-13(14)15(11)12/h4-7,9,12,14H,8,10H2,1-3H3. The Hall–Kier alpha value is -1.57. The van der Waals surface area contributed by atoms with Crippen LogP contribution < -0.4 is 0 Å². The minimum absolute atomic E-state index is 0.0634. The predicted molar refractivity (Wildman–Crippen MR) is 75.7 cm³/mol. The molecule has 0 bridgehead atoms. The van der Waals surface area contributed by atoms with Gasteiger partial charge in [-0.05, 0) is 56.2 Å². The van der Waals surface area contributed by atoms with Gasteiger partial charge in [0.15, 0.2) is 0 Å². The molecule has 0 radical (unpaired) electrons. The van der Waals surface area contributed by atoms with E-state index in [1.807, 2.05) is 20.8 Å². The topological polar surface area (TPSA) is 26.3 Å². The van der Waals surface area contributed by atoms with Gasteiger partial charge in [0, 0.05) is 0 Å². The van der Waals surface area contributed by atoms with Crippen molar-refractivity contribution in [2.75, 3.05) is 0 Å². The summed E-state index contributed by atoms with van der Waals surface area (Å²) in [6, 6.07) is 6.32. The first-order chi connectivity index (χ1) is 8.97. The quantitative estimate of drug-likeness (QED) is 0.703. The molecule has 1 aromatic carbocycles. The van der Waals surface area contributed by atoms with Crippen molar-refractivity contribution in [3.63, 3.8) is 0 Å². The lowest BCUT2D eigenvalue weighted by Gasteiger charge is -2.21. The summed E-state index contributed by atoms with van der Waals surface area (Å²) in [6.07, 6.45) is 6.34. The summed E-state index contributed by atoms with van der Waals surface area (Å²) in [4.78, 5) is 12.1. The van der Waals surface area contributed by atoms with E-state index in [0.29, 0.717) is 5.92 Å². The number of esters is 1. The largest absolute Gasteiger partial charge is 0.457 e. The van der Waals surface area contributed by atoms with Crippen LogP contribution in [0.25, 0.3) is 6.08 Å². The zero-order valence-corrected chi connectivity index (χ0v) is 11.8. The van der Waals surface area contributed by atoms with Gasteiger partial charge in [0.2, 0.25) is 0 Å². The maximum Gasteiger partial charge on any atom is 0.311 e. The second kappa shape index (κ2) is 4.22. The van der Waals surface area contributed by atoms with Crippen LogP contribution in [-0.4, -0.2) is 5.97 Å². The van der Waals surface area contributed by atoms with E-state index < -0.39 is 5.41 Å². The molecule has 3 rings (SSSR count). The average Bonchev–Trinajstić information content (AvgIpc) is 2.69. The normalized spacial score (nSPS) is 24.2. The number of allylic oxidation sites excluding steroid dienone is 1. The van der Waals surface area contributed by atoms with Crippen LogP contribution in [0.1, 0.15) is 62.3 Å². The molecule has 1 aromatic rings. The third-order valence-corrected chi connectivity index (χ3v) is 4.01. The first-order valence-electron chi connectivity index (χ1n) is 6.97. The summed E-state index contributed by atoms with van der Waals surface area (Å²) in [5, 5.41) is 0. The van der Waals surface area contributed by atoms with Gasteiger partial charge in [0.05, 0.1) is 5.41 Å². The first kappa shape index (κ1) is 12.5. The lowest BCUT2D eigenvalue weighted by atomic mass is 9.89. The third-order valence-electron chi connectivity index (χ3n) is 4.01. The second-order valence-electron chi connectivity index (χ2n) is 6.56. The molecule has 0 saturated heterocycles. The van der Waals surface area contributed by atoms with Crippen molar-refractivity contribution in [3.8, 4) is 0 Å². The Morgan fingerprint density at radius 3 is 2.84 bits per heavy atom. The Morgan fingerprint density at radius 2 is 2.11 bits per heavy atom. The molecular weight excluding hydrogens is 236 g/mol. The van der Waals surface area contributed by atoms with Gasteiger partial charge in [-0.2, -0.15) is 0 Å². The second-order valence-corrected chi connectivity index (χ2v) is 6.56. The lowest BCUT2D eigenvalue weighted by Crippen LogP contribution is -2.24. The molecule has 2 aliphatic carbocycles. The Bertz CT molecular complexity index is 549. The van der Waals surface area contributed by atoms with Crippen LogP contribution in [0.4, 0.5) is 0 Å². The molecule has 2 nitrogen and oxygen atoms in total. The van der Waals surface area contributed by atoms with Gasteiger partial charge >= 0.3 is 5.97 Å². The number of hydrogen-bond acceptors (Lipinski definition) is 2. The molecule has 2 heteroatoms. The SMILES string of the molecule is CC(C)(C)C(=O)OC1CC2CC=Cc3cccc1c32. The van der Waals surface area contributed by atoms with Gasteiger partial charge < -0.3 is 4.74 Å². The fraction of sp³-hybridized carbons (Fsp3) is 0.471. The van der Waals surface area contributed by atoms with Crippen LogP contribution in [0.15, 0.2) is 24.3 Å². The minimum Gasteiger partial charge on any atom is -0.457 e. The van der Waals surface area contributed by atoms with Gasteiger partial charge in [-0.1, -0.05) is 30.4 Å². The van der Waals surface area contributed by atoms with E-state index in [1.54, 1.807) is 0 Å². The van der Waals surface area contributed by atoms with E-state index in [1.165, 1.54) is 16.7 Å². The van der Waals surface area contributed by atoms with Crippen molar-refractivity contribution in [2.45, 2.75) is 45.6 Å². The Kier molecular flexibility index (Phi) is 2.77. The first-order valence-corrected chi connectivity index (χ1v) is 6.97. The van der Waals surface area contributed by atoms with Crippen LogP contribution in [0, 0.1) is 5.41 Å². The van der Waals surface area contributed by atoms with Crippen molar-refractivity contribution < 1.29 is 9.53 Å². The summed E-state index contributed by atoms with van der Waals surface area (Å²) in [6.45, 7) is 5.70. The molecule has 2 unspecified atom stereocenters. The van der Waals surface area contributed by atoms with Crippen LogP contribution in [0.5, 0.6) is 0 Å². The summed E-state index contributed by atoms with van der Waals surface area (Å²) in [5.74, 6) is 0.413. The summed E-state index contributed by atoms with van der Waals surface area (Å²) < 4.78 is 5.75. The van der Waals surface area contributed by atoms with E-state index in [9.17, 15) is 4.79 Å². The van der Waals surface area contributed by atoms with Crippen molar-refractivity contribution in [1.29, 1.82) is 0 Å². The van der Waals surface area contributed by atoms with E-state index in [-0.39, 0.29) is 12.1 Å². The van der Waals surface area contributed by atoms with Gasteiger partial charge in [-0.25, -0.2) is 0 Å². The zero-order chi connectivity index (χ0) is 13.6. The number of benzene rings is 1. The summed E-state index contributed by atoms with van der Waals surface area (Å²) in [5.41, 5.74) is 3.47. The number of carbonyl (C=O) groups excluding carboxylic acids is 1. The third kappa shape index (κ3) is 2.09. The fourth-order valence-electron chi connectivity index (χ4n) is 2.99. The highest BCUT2D eigenvalue weighted by Crippen LogP contribution is 2.48.